The maximum atomic E-state index is 12.0. The van der Waals surface area contributed by atoms with Crippen molar-refractivity contribution in [3.8, 4) is 5.75 Å². The van der Waals surface area contributed by atoms with Gasteiger partial charge in [0.1, 0.15) is 15.9 Å². The third kappa shape index (κ3) is 9.43. The molecule has 2 aromatic carbocycles. The minimum absolute atomic E-state index is 0. The van der Waals surface area contributed by atoms with Gasteiger partial charge in [0.15, 0.2) is 0 Å². The van der Waals surface area contributed by atoms with Crippen LogP contribution < -0.4 is 34.3 Å². The first-order valence-corrected chi connectivity index (χ1v) is 12.9. The van der Waals surface area contributed by atoms with Crippen LogP contribution in [0.5, 0.6) is 5.75 Å². The van der Waals surface area contributed by atoms with Crippen molar-refractivity contribution in [1.29, 1.82) is 0 Å². The normalized spacial score (nSPS) is 11.5. The maximum Gasteiger partial charge on any atom is 1.00 e. The number of aryl methyl sites for hydroxylation is 1. The summed E-state index contributed by atoms with van der Waals surface area (Å²) in [7, 11) is -3.01. The molecule has 0 bridgehead atoms. The van der Waals surface area contributed by atoms with Crippen molar-refractivity contribution in [2.24, 2.45) is 0 Å². The fraction of sp³-hybridized carbons (Fsp3) is 0.600. The van der Waals surface area contributed by atoms with Gasteiger partial charge >= 0.3 is 29.6 Å². The summed E-state index contributed by atoms with van der Waals surface area (Å²) in [6.07, 6.45) is 15.7. The van der Waals surface area contributed by atoms with Crippen LogP contribution in [0.15, 0.2) is 35.2 Å². The molecule has 0 fully saturated rings. The molecule has 0 heterocycles. The Balaban J connectivity index is 0.00000480. The van der Waals surface area contributed by atoms with Crippen molar-refractivity contribution in [2.75, 3.05) is 7.11 Å². The van der Waals surface area contributed by atoms with E-state index in [9.17, 15) is 13.0 Å². The first-order chi connectivity index (χ1) is 14.5. The molecule has 168 valence electrons. The Morgan fingerprint density at radius 3 is 1.84 bits per heavy atom. The van der Waals surface area contributed by atoms with Crippen LogP contribution >= 0.6 is 0 Å². The third-order valence-corrected chi connectivity index (χ3v) is 6.81. The Hall–Kier alpha value is -0.590. The molecule has 2 rings (SSSR count). The molecule has 0 unspecified atom stereocenters. The fourth-order valence-corrected chi connectivity index (χ4v) is 5.11. The van der Waals surface area contributed by atoms with Gasteiger partial charge in [0.25, 0.3) is 0 Å². The molecular weight excluding hydrogens is 419 g/mol. The Morgan fingerprint density at radius 2 is 1.32 bits per heavy atom. The molecule has 0 aliphatic rings. The summed E-state index contributed by atoms with van der Waals surface area (Å²) >= 11 is 0. The molecular formula is C25H37NaO4S. The summed E-state index contributed by atoms with van der Waals surface area (Å²) in [4.78, 5) is -0.0815. The van der Waals surface area contributed by atoms with Gasteiger partial charge in [0.2, 0.25) is 0 Å². The predicted molar refractivity (Wildman–Crippen MR) is 123 cm³/mol. The van der Waals surface area contributed by atoms with E-state index in [1.165, 1.54) is 57.8 Å². The van der Waals surface area contributed by atoms with Crippen LogP contribution in [0.2, 0.25) is 0 Å². The quantitative estimate of drug-likeness (QED) is 0.231. The van der Waals surface area contributed by atoms with Gasteiger partial charge in [0.05, 0.1) is 12.0 Å². The molecule has 4 nitrogen and oxygen atoms in total. The Kier molecular flexibility index (Phi) is 14.0. The maximum absolute atomic E-state index is 12.0. The van der Waals surface area contributed by atoms with E-state index in [-0.39, 0.29) is 34.5 Å². The van der Waals surface area contributed by atoms with Crippen LogP contribution in [0.25, 0.3) is 10.8 Å². The molecule has 6 heteroatoms. The van der Waals surface area contributed by atoms with Crippen LogP contribution in [0.1, 0.15) is 89.5 Å². The van der Waals surface area contributed by atoms with Crippen molar-refractivity contribution in [1.82, 2.24) is 0 Å². The second-order valence-electron chi connectivity index (χ2n) is 8.20. The standard InChI is InChI=1S/C25H38O4S.Na/c1-3-4-5-6-7-8-9-10-11-12-13-14-16-21-19-20-22-23(25(21)30(26,27)28)17-15-18-24(22)29-2;/h15,17-20H,3-14,16H2,1-2H3,(H,26,27,28);/q;+1/p-1. The van der Waals surface area contributed by atoms with E-state index < -0.39 is 10.1 Å². The zero-order valence-electron chi connectivity index (χ0n) is 19.6. The molecule has 0 amide bonds. The summed E-state index contributed by atoms with van der Waals surface area (Å²) in [6, 6.07) is 8.82. The SMILES string of the molecule is CCCCCCCCCCCCCCc1ccc2c(OC)cccc2c1S(=O)(=O)[O-].[Na+]. The predicted octanol–water partition coefficient (Wildman–Crippen LogP) is 4.00. The van der Waals surface area contributed by atoms with Gasteiger partial charge in [-0.25, -0.2) is 8.42 Å². The van der Waals surface area contributed by atoms with Gasteiger partial charge < -0.3 is 9.29 Å². The van der Waals surface area contributed by atoms with E-state index in [2.05, 4.69) is 6.92 Å². The summed E-state index contributed by atoms with van der Waals surface area (Å²) in [5.74, 6) is 0.578. The average molecular weight is 457 g/mol. The van der Waals surface area contributed by atoms with Crippen molar-refractivity contribution >= 4 is 20.9 Å². The topological polar surface area (TPSA) is 66.4 Å². The van der Waals surface area contributed by atoms with Crippen molar-refractivity contribution in [3.05, 3.63) is 35.9 Å². The Labute approximate surface area is 211 Å². The average Bonchev–Trinajstić information content (AvgIpc) is 2.72. The number of methoxy groups -OCH3 is 1. The Bertz CT molecular complexity index is 880. The summed E-state index contributed by atoms with van der Waals surface area (Å²) < 4.78 is 41.3. The summed E-state index contributed by atoms with van der Waals surface area (Å²) in [6.45, 7) is 2.25. The number of rotatable bonds is 15. The van der Waals surface area contributed by atoms with Crippen molar-refractivity contribution < 1.29 is 47.3 Å². The van der Waals surface area contributed by atoms with Crippen LogP contribution in [0.4, 0.5) is 0 Å². The Morgan fingerprint density at radius 1 is 0.774 bits per heavy atom. The zero-order chi connectivity index (χ0) is 21.8. The molecule has 0 atom stereocenters. The van der Waals surface area contributed by atoms with E-state index in [1.807, 2.05) is 6.07 Å². The van der Waals surface area contributed by atoms with Gasteiger partial charge in [-0.05, 0) is 24.5 Å². The number of fused-ring (bicyclic) bond motifs is 1. The first kappa shape index (κ1) is 28.4. The van der Waals surface area contributed by atoms with Crippen LogP contribution in [-0.2, 0) is 16.5 Å². The van der Waals surface area contributed by atoms with E-state index in [1.54, 1.807) is 31.4 Å². The molecule has 0 aliphatic carbocycles. The van der Waals surface area contributed by atoms with Gasteiger partial charge in [-0.2, -0.15) is 0 Å². The van der Waals surface area contributed by atoms with Crippen LogP contribution in [0, 0.1) is 0 Å². The molecule has 0 spiro atoms. The van der Waals surface area contributed by atoms with Crippen LogP contribution in [0.3, 0.4) is 0 Å². The monoisotopic (exact) mass is 456 g/mol. The second-order valence-corrected chi connectivity index (χ2v) is 9.52. The van der Waals surface area contributed by atoms with E-state index in [0.717, 1.165) is 19.3 Å². The second kappa shape index (κ2) is 15.3. The molecule has 0 aromatic heterocycles. The van der Waals surface area contributed by atoms with Crippen LogP contribution in [-0.4, -0.2) is 20.1 Å². The summed E-state index contributed by atoms with van der Waals surface area (Å²) in [5.41, 5.74) is 0.623. The van der Waals surface area contributed by atoms with E-state index >= 15 is 0 Å². The third-order valence-electron chi connectivity index (χ3n) is 5.82. The molecule has 2 aromatic rings. The number of benzene rings is 2. The largest absolute Gasteiger partial charge is 1.00 e. The number of hydrogen-bond acceptors (Lipinski definition) is 4. The molecule has 0 radical (unpaired) electrons. The molecule has 0 aliphatic heterocycles. The minimum Gasteiger partial charge on any atom is -0.744 e. The first-order valence-electron chi connectivity index (χ1n) is 11.5. The molecule has 0 N–H and O–H groups in total. The number of unbranched alkanes of at least 4 members (excludes halogenated alkanes) is 11. The molecule has 0 saturated carbocycles. The van der Waals surface area contributed by atoms with Gasteiger partial charge in [-0.15, -0.1) is 0 Å². The molecule has 31 heavy (non-hydrogen) atoms. The van der Waals surface area contributed by atoms with Crippen molar-refractivity contribution in [2.45, 2.75) is 95.3 Å². The van der Waals surface area contributed by atoms with E-state index in [0.29, 0.717) is 28.5 Å². The van der Waals surface area contributed by atoms with Gasteiger partial charge in [-0.1, -0.05) is 102 Å². The summed E-state index contributed by atoms with van der Waals surface area (Å²) in [5, 5.41) is 1.12. The van der Waals surface area contributed by atoms with Gasteiger partial charge in [0, 0.05) is 10.8 Å². The number of hydrogen-bond donors (Lipinski definition) is 0. The van der Waals surface area contributed by atoms with E-state index in [4.69, 9.17) is 4.74 Å². The smallest absolute Gasteiger partial charge is 0.744 e. The minimum atomic E-state index is -4.56. The van der Waals surface area contributed by atoms with Gasteiger partial charge in [-0.3, -0.25) is 0 Å². The van der Waals surface area contributed by atoms with Crippen molar-refractivity contribution in [3.63, 3.8) is 0 Å². The number of ether oxygens (including phenoxy) is 1. The zero-order valence-corrected chi connectivity index (χ0v) is 22.4. The molecule has 0 saturated heterocycles. The fourth-order valence-electron chi connectivity index (χ4n) is 4.17.